The van der Waals surface area contributed by atoms with E-state index in [1.807, 2.05) is 6.92 Å². The molecule has 0 bridgehead atoms. The molecule has 0 aromatic rings. The number of hydrogen-bond acceptors (Lipinski definition) is 1. The second-order valence-electron chi connectivity index (χ2n) is 4.45. The van der Waals surface area contributed by atoms with E-state index >= 15 is 0 Å². The molecular formula is C10H17BrO. The molecule has 1 aliphatic rings. The molecule has 0 spiro atoms. The molecule has 2 heteroatoms. The van der Waals surface area contributed by atoms with Crippen LogP contribution in [0.1, 0.15) is 40.0 Å². The van der Waals surface area contributed by atoms with Crippen LogP contribution in [0, 0.1) is 5.41 Å². The minimum Gasteiger partial charge on any atom is -0.389 e. The average Bonchev–Trinajstić information content (AvgIpc) is 1.94. The van der Waals surface area contributed by atoms with Crippen LogP contribution in [-0.2, 0) is 0 Å². The van der Waals surface area contributed by atoms with Crippen LogP contribution < -0.4 is 0 Å². The number of aliphatic hydroxyl groups excluding tert-OH is 1. The van der Waals surface area contributed by atoms with Crippen molar-refractivity contribution in [3.8, 4) is 0 Å². The van der Waals surface area contributed by atoms with E-state index in [-0.39, 0.29) is 6.10 Å². The van der Waals surface area contributed by atoms with Crippen LogP contribution >= 0.6 is 15.9 Å². The van der Waals surface area contributed by atoms with Crippen molar-refractivity contribution in [2.45, 2.75) is 46.1 Å². The van der Waals surface area contributed by atoms with Gasteiger partial charge in [0.1, 0.15) is 0 Å². The summed E-state index contributed by atoms with van der Waals surface area (Å²) in [5.41, 5.74) is 1.55. The summed E-state index contributed by atoms with van der Waals surface area (Å²) < 4.78 is 1.22. The van der Waals surface area contributed by atoms with Crippen LogP contribution in [0.4, 0.5) is 0 Å². The molecule has 0 fully saturated rings. The Balaban J connectivity index is 2.81. The van der Waals surface area contributed by atoms with Gasteiger partial charge in [-0.05, 0) is 41.7 Å². The summed E-state index contributed by atoms with van der Waals surface area (Å²) in [5, 5.41) is 9.49. The summed E-state index contributed by atoms with van der Waals surface area (Å²) in [5.74, 6) is 0. The van der Waals surface area contributed by atoms with Crippen LogP contribution in [0.2, 0.25) is 0 Å². The minimum atomic E-state index is -0.293. The topological polar surface area (TPSA) is 20.2 Å². The Morgan fingerprint density at radius 2 is 2.08 bits per heavy atom. The number of rotatable bonds is 1. The number of aliphatic hydroxyl groups is 1. The van der Waals surface area contributed by atoms with E-state index in [1.54, 1.807) is 0 Å². The SMILES string of the molecule is CC(O)C1=C(Br)CCC(C)(C)C1. The summed E-state index contributed by atoms with van der Waals surface area (Å²) in [7, 11) is 0. The van der Waals surface area contributed by atoms with Gasteiger partial charge in [-0.2, -0.15) is 0 Å². The van der Waals surface area contributed by atoms with E-state index in [0.717, 1.165) is 12.8 Å². The zero-order chi connectivity index (χ0) is 9.35. The molecule has 0 saturated carbocycles. The van der Waals surface area contributed by atoms with Gasteiger partial charge in [0.05, 0.1) is 6.10 Å². The fraction of sp³-hybridized carbons (Fsp3) is 0.800. The Hall–Kier alpha value is 0.180. The normalized spacial score (nSPS) is 25.8. The summed E-state index contributed by atoms with van der Waals surface area (Å²) in [6, 6.07) is 0. The smallest absolute Gasteiger partial charge is 0.0732 e. The number of hydrogen-bond donors (Lipinski definition) is 1. The standard InChI is InChI=1S/C10H17BrO/c1-7(12)8-6-10(2,3)5-4-9(8)11/h7,12H,4-6H2,1-3H3. The molecule has 1 aliphatic carbocycles. The van der Waals surface area contributed by atoms with Gasteiger partial charge >= 0.3 is 0 Å². The van der Waals surface area contributed by atoms with Crippen molar-refractivity contribution in [1.82, 2.24) is 0 Å². The van der Waals surface area contributed by atoms with Gasteiger partial charge in [0.15, 0.2) is 0 Å². The molecule has 1 rings (SSSR count). The van der Waals surface area contributed by atoms with E-state index in [1.165, 1.54) is 16.5 Å². The van der Waals surface area contributed by atoms with E-state index < -0.39 is 0 Å². The molecule has 0 saturated heterocycles. The van der Waals surface area contributed by atoms with Crippen molar-refractivity contribution in [3.63, 3.8) is 0 Å². The zero-order valence-corrected chi connectivity index (χ0v) is 9.61. The Morgan fingerprint density at radius 1 is 1.50 bits per heavy atom. The van der Waals surface area contributed by atoms with Gasteiger partial charge in [0.2, 0.25) is 0 Å². The lowest BCUT2D eigenvalue weighted by Crippen LogP contribution is -2.22. The zero-order valence-electron chi connectivity index (χ0n) is 8.02. The van der Waals surface area contributed by atoms with Crippen molar-refractivity contribution in [2.24, 2.45) is 5.41 Å². The molecular weight excluding hydrogens is 216 g/mol. The van der Waals surface area contributed by atoms with Gasteiger partial charge in [0, 0.05) is 0 Å². The molecule has 1 N–H and O–H groups in total. The highest BCUT2D eigenvalue weighted by atomic mass is 79.9. The lowest BCUT2D eigenvalue weighted by molar-refractivity contribution is 0.201. The first-order valence-corrected chi connectivity index (χ1v) is 5.27. The summed E-state index contributed by atoms with van der Waals surface area (Å²) in [4.78, 5) is 0. The molecule has 70 valence electrons. The number of allylic oxidation sites excluding steroid dienone is 1. The predicted molar refractivity (Wildman–Crippen MR) is 55.3 cm³/mol. The van der Waals surface area contributed by atoms with Crippen LogP contribution in [0.5, 0.6) is 0 Å². The molecule has 1 unspecified atom stereocenters. The molecule has 1 nitrogen and oxygen atoms in total. The first-order chi connectivity index (χ1) is 5.42. The molecule has 0 aromatic carbocycles. The molecule has 0 radical (unpaired) electrons. The summed E-state index contributed by atoms with van der Waals surface area (Å²) in [6.07, 6.45) is 3.02. The van der Waals surface area contributed by atoms with Gasteiger partial charge < -0.3 is 5.11 Å². The lowest BCUT2D eigenvalue weighted by Gasteiger charge is -2.32. The maximum atomic E-state index is 9.49. The third kappa shape index (κ3) is 2.33. The molecule has 0 heterocycles. The quantitative estimate of drug-likeness (QED) is 0.737. The van der Waals surface area contributed by atoms with E-state index in [0.29, 0.717) is 5.41 Å². The van der Waals surface area contributed by atoms with Crippen LogP contribution in [0.25, 0.3) is 0 Å². The summed E-state index contributed by atoms with van der Waals surface area (Å²) in [6.45, 7) is 6.36. The number of halogens is 1. The van der Waals surface area contributed by atoms with Gasteiger partial charge in [0.25, 0.3) is 0 Å². The Kier molecular flexibility index (Phi) is 3.00. The van der Waals surface area contributed by atoms with Crippen LogP contribution in [0.15, 0.2) is 10.1 Å². The maximum Gasteiger partial charge on any atom is 0.0732 e. The van der Waals surface area contributed by atoms with Crippen molar-refractivity contribution >= 4 is 15.9 Å². The predicted octanol–water partition coefficient (Wildman–Crippen LogP) is 3.23. The van der Waals surface area contributed by atoms with Gasteiger partial charge in [-0.1, -0.05) is 29.8 Å². The molecule has 0 amide bonds. The van der Waals surface area contributed by atoms with Crippen molar-refractivity contribution in [1.29, 1.82) is 0 Å². The largest absolute Gasteiger partial charge is 0.389 e. The average molecular weight is 233 g/mol. The first-order valence-electron chi connectivity index (χ1n) is 4.48. The Labute approximate surface area is 83.0 Å². The fourth-order valence-corrected chi connectivity index (χ4v) is 2.35. The van der Waals surface area contributed by atoms with Gasteiger partial charge in [-0.15, -0.1) is 0 Å². The van der Waals surface area contributed by atoms with E-state index in [9.17, 15) is 5.11 Å². The minimum absolute atomic E-state index is 0.293. The van der Waals surface area contributed by atoms with Crippen molar-refractivity contribution < 1.29 is 5.11 Å². The molecule has 1 atom stereocenters. The fourth-order valence-electron chi connectivity index (χ4n) is 1.68. The Bertz CT molecular complexity index is 204. The monoisotopic (exact) mass is 232 g/mol. The molecule has 0 aromatic heterocycles. The van der Waals surface area contributed by atoms with Crippen molar-refractivity contribution in [2.75, 3.05) is 0 Å². The first kappa shape index (κ1) is 10.3. The molecule has 0 aliphatic heterocycles. The molecule has 12 heavy (non-hydrogen) atoms. The maximum absolute atomic E-state index is 9.49. The highest BCUT2D eigenvalue weighted by Gasteiger charge is 2.27. The third-order valence-electron chi connectivity index (χ3n) is 2.54. The second kappa shape index (κ2) is 3.51. The van der Waals surface area contributed by atoms with E-state index in [4.69, 9.17) is 0 Å². The van der Waals surface area contributed by atoms with Crippen LogP contribution in [-0.4, -0.2) is 11.2 Å². The van der Waals surface area contributed by atoms with E-state index in [2.05, 4.69) is 29.8 Å². The second-order valence-corrected chi connectivity index (χ2v) is 5.40. The summed E-state index contributed by atoms with van der Waals surface area (Å²) >= 11 is 3.53. The highest BCUT2D eigenvalue weighted by Crippen LogP contribution is 2.41. The van der Waals surface area contributed by atoms with Gasteiger partial charge in [-0.3, -0.25) is 0 Å². The third-order valence-corrected chi connectivity index (χ3v) is 3.45. The lowest BCUT2D eigenvalue weighted by atomic mass is 9.76. The van der Waals surface area contributed by atoms with Gasteiger partial charge in [-0.25, -0.2) is 0 Å². The highest BCUT2D eigenvalue weighted by molar-refractivity contribution is 9.11. The van der Waals surface area contributed by atoms with Crippen molar-refractivity contribution in [3.05, 3.63) is 10.1 Å². The Morgan fingerprint density at radius 3 is 2.50 bits per heavy atom. The van der Waals surface area contributed by atoms with Crippen LogP contribution in [0.3, 0.4) is 0 Å².